The highest BCUT2D eigenvalue weighted by Crippen LogP contribution is 2.10. The van der Waals surface area contributed by atoms with E-state index in [2.05, 4.69) is 5.32 Å². The number of carboxylic acids is 1. The highest BCUT2D eigenvalue weighted by molar-refractivity contribution is 5.96. The third-order valence-corrected chi connectivity index (χ3v) is 4.54. The van der Waals surface area contributed by atoms with E-state index in [-0.39, 0.29) is 18.1 Å². The third kappa shape index (κ3) is 12.8. The van der Waals surface area contributed by atoms with Gasteiger partial charge in [0.25, 0.3) is 0 Å². The molecule has 2 N–H and O–H groups in total. The molecule has 0 bridgehead atoms. The van der Waals surface area contributed by atoms with Crippen LogP contribution in [0.15, 0.2) is 30.3 Å². The van der Waals surface area contributed by atoms with E-state index in [1.165, 1.54) is 6.42 Å². The Labute approximate surface area is 162 Å². The first kappa shape index (κ1) is 22.9. The normalized spacial score (nSPS) is 10.5. The minimum Gasteiger partial charge on any atom is -0.481 e. The van der Waals surface area contributed by atoms with E-state index in [0.29, 0.717) is 31.4 Å². The molecule has 5 heteroatoms. The molecular formula is C22H33NO4. The lowest BCUT2D eigenvalue weighted by Gasteiger charge is -2.05. The molecule has 1 aromatic rings. The monoisotopic (exact) mass is 375 g/mol. The van der Waals surface area contributed by atoms with Gasteiger partial charge in [0.15, 0.2) is 5.78 Å². The van der Waals surface area contributed by atoms with Gasteiger partial charge in [0.05, 0.1) is 0 Å². The Morgan fingerprint density at radius 1 is 0.704 bits per heavy atom. The maximum Gasteiger partial charge on any atom is 0.303 e. The first-order chi connectivity index (χ1) is 13.1. The third-order valence-electron chi connectivity index (χ3n) is 4.54. The number of Topliss-reactive ketones (excluding diaryl/α,β-unsaturated/α-hetero) is 1. The average molecular weight is 376 g/mol. The Kier molecular flexibility index (Phi) is 12.7. The van der Waals surface area contributed by atoms with Gasteiger partial charge < -0.3 is 10.4 Å². The summed E-state index contributed by atoms with van der Waals surface area (Å²) in [5, 5.41) is 11.5. The van der Waals surface area contributed by atoms with Crippen molar-refractivity contribution in [1.29, 1.82) is 0 Å². The zero-order chi connectivity index (χ0) is 19.7. The molecule has 0 unspecified atom stereocenters. The lowest BCUT2D eigenvalue weighted by molar-refractivity contribution is -0.137. The molecule has 0 spiro atoms. The molecule has 0 aliphatic rings. The van der Waals surface area contributed by atoms with Crippen molar-refractivity contribution in [3.63, 3.8) is 0 Å². The number of hydrogen-bond donors (Lipinski definition) is 2. The van der Waals surface area contributed by atoms with Crippen LogP contribution in [0.5, 0.6) is 0 Å². The van der Waals surface area contributed by atoms with Crippen molar-refractivity contribution in [3.05, 3.63) is 35.9 Å². The molecule has 0 atom stereocenters. The highest BCUT2D eigenvalue weighted by atomic mass is 16.4. The molecule has 150 valence electrons. The van der Waals surface area contributed by atoms with Gasteiger partial charge in [-0.3, -0.25) is 14.4 Å². The van der Waals surface area contributed by atoms with E-state index in [1.807, 2.05) is 18.2 Å². The van der Waals surface area contributed by atoms with Crippen LogP contribution in [0.3, 0.4) is 0 Å². The van der Waals surface area contributed by atoms with E-state index < -0.39 is 5.97 Å². The number of benzene rings is 1. The molecule has 0 aromatic heterocycles. The molecule has 0 saturated carbocycles. The van der Waals surface area contributed by atoms with Crippen LogP contribution in [-0.4, -0.2) is 29.3 Å². The van der Waals surface area contributed by atoms with Gasteiger partial charge in [0.2, 0.25) is 5.91 Å². The predicted octanol–water partition coefficient (Wildman–Crippen LogP) is 4.75. The van der Waals surface area contributed by atoms with Crippen molar-refractivity contribution < 1.29 is 19.5 Å². The summed E-state index contributed by atoms with van der Waals surface area (Å²) in [5.74, 6) is -0.597. The molecule has 0 heterocycles. The fourth-order valence-corrected chi connectivity index (χ4v) is 2.96. The van der Waals surface area contributed by atoms with Gasteiger partial charge in [-0.2, -0.15) is 0 Å². The standard InChI is InChI=1S/C22H33NO4/c24-20(19-13-8-7-9-14-19)15-12-16-21(25)23-18-11-6-4-2-1-3-5-10-17-22(26)27/h7-9,13-14H,1-6,10-12,15-18H2,(H,23,25)(H,26,27). The number of carbonyl (C=O) groups is 3. The number of carbonyl (C=O) groups excluding carboxylic acids is 2. The van der Waals surface area contributed by atoms with Gasteiger partial charge in [0.1, 0.15) is 0 Å². The minimum atomic E-state index is -0.708. The summed E-state index contributed by atoms with van der Waals surface area (Å²) < 4.78 is 0. The van der Waals surface area contributed by atoms with Gasteiger partial charge in [0, 0.05) is 31.4 Å². The topological polar surface area (TPSA) is 83.5 Å². The second kappa shape index (κ2) is 14.9. The van der Waals surface area contributed by atoms with Crippen molar-refractivity contribution in [2.75, 3.05) is 6.54 Å². The molecule has 0 fully saturated rings. The molecule has 0 aliphatic heterocycles. The number of rotatable bonds is 16. The lowest BCUT2D eigenvalue weighted by atomic mass is 10.1. The van der Waals surface area contributed by atoms with Gasteiger partial charge in [-0.05, 0) is 19.3 Å². The predicted molar refractivity (Wildman–Crippen MR) is 107 cm³/mol. The summed E-state index contributed by atoms with van der Waals surface area (Å²) in [5.41, 5.74) is 0.708. The van der Waals surface area contributed by atoms with Crippen LogP contribution in [0.25, 0.3) is 0 Å². The molecule has 1 aromatic carbocycles. The van der Waals surface area contributed by atoms with Gasteiger partial charge in [-0.25, -0.2) is 0 Å². The Morgan fingerprint density at radius 3 is 1.93 bits per heavy atom. The van der Waals surface area contributed by atoms with Crippen LogP contribution in [0, 0.1) is 0 Å². The zero-order valence-electron chi connectivity index (χ0n) is 16.3. The summed E-state index contributed by atoms with van der Waals surface area (Å²) in [6, 6.07) is 9.18. The molecular weight excluding hydrogens is 342 g/mol. The van der Waals surface area contributed by atoms with Crippen LogP contribution in [0.2, 0.25) is 0 Å². The first-order valence-corrected chi connectivity index (χ1v) is 10.2. The molecule has 1 amide bonds. The van der Waals surface area contributed by atoms with E-state index in [4.69, 9.17) is 5.11 Å². The minimum absolute atomic E-state index is 0.0225. The smallest absolute Gasteiger partial charge is 0.303 e. The van der Waals surface area contributed by atoms with E-state index in [9.17, 15) is 14.4 Å². The molecule has 0 saturated heterocycles. The fourth-order valence-electron chi connectivity index (χ4n) is 2.96. The molecule has 1 rings (SSSR count). The highest BCUT2D eigenvalue weighted by Gasteiger charge is 2.07. The van der Waals surface area contributed by atoms with Crippen LogP contribution in [0.4, 0.5) is 0 Å². The van der Waals surface area contributed by atoms with Crippen molar-refractivity contribution >= 4 is 17.7 Å². The number of ketones is 1. The Hall–Kier alpha value is -2.17. The van der Waals surface area contributed by atoms with Crippen molar-refractivity contribution in [3.8, 4) is 0 Å². The number of unbranched alkanes of at least 4 members (excludes halogenated alkanes) is 7. The average Bonchev–Trinajstić information content (AvgIpc) is 2.66. The number of amides is 1. The summed E-state index contributed by atoms with van der Waals surface area (Å²) in [6.45, 7) is 0.698. The van der Waals surface area contributed by atoms with Crippen LogP contribution >= 0.6 is 0 Å². The fraction of sp³-hybridized carbons (Fsp3) is 0.591. The van der Waals surface area contributed by atoms with Gasteiger partial charge >= 0.3 is 5.97 Å². The Morgan fingerprint density at radius 2 is 1.30 bits per heavy atom. The molecule has 0 radical (unpaired) electrons. The van der Waals surface area contributed by atoms with Gasteiger partial charge in [-0.15, -0.1) is 0 Å². The summed E-state index contributed by atoms with van der Waals surface area (Å²) >= 11 is 0. The number of aliphatic carboxylic acids is 1. The van der Waals surface area contributed by atoms with E-state index in [0.717, 1.165) is 44.9 Å². The summed E-state index contributed by atoms with van der Waals surface area (Å²) in [6.07, 6.45) is 10.1. The van der Waals surface area contributed by atoms with Crippen molar-refractivity contribution in [1.82, 2.24) is 5.32 Å². The van der Waals surface area contributed by atoms with Gasteiger partial charge in [-0.1, -0.05) is 68.9 Å². The number of nitrogens with one attached hydrogen (secondary N) is 1. The zero-order valence-corrected chi connectivity index (χ0v) is 16.3. The maximum atomic E-state index is 11.9. The first-order valence-electron chi connectivity index (χ1n) is 10.2. The summed E-state index contributed by atoms with van der Waals surface area (Å²) in [7, 11) is 0. The van der Waals surface area contributed by atoms with Crippen LogP contribution in [0.1, 0.15) is 87.4 Å². The maximum absolute atomic E-state index is 11.9. The van der Waals surface area contributed by atoms with Crippen LogP contribution in [-0.2, 0) is 9.59 Å². The van der Waals surface area contributed by atoms with E-state index >= 15 is 0 Å². The molecule has 27 heavy (non-hydrogen) atoms. The second-order valence-electron chi connectivity index (χ2n) is 6.96. The van der Waals surface area contributed by atoms with E-state index in [1.54, 1.807) is 12.1 Å². The summed E-state index contributed by atoms with van der Waals surface area (Å²) in [4.78, 5) is 34.1. The number of hydrogen-bond acceptors (Lipinski definition) is 3. The largest absolute Gasteiger partial charge is 0.481 e. The Bertz CT molecular complexity index is 557. The Balaban J connectivity index is 1.88. The second-order valence-corrected chi connectivity index (χ2v) is 6.96. The molecule has 5 nitrogen and oxygen atoms in total. The molecule has 0 aliphatic carbocycles. The SMILES string of the molecule is O=C(O)CCCCCCCCCCNC(=O)CCCC(=O)c1ccccc1. The van der Waals surface area contributed by atoms with Crippen LogP contribution < -0.4 is 5.32 Å². The number of carboxylic acid groups (broad SMARTS) is 1. The quantitative estimate of drug-likeness (QED) is 0.322. The van der Waals surface area contributed by atoms with Crippen molar-refractivity contribution in [2.45, 2.75) is 77.0 Å². The lowest BCUT2D eigenvalue weighted by Crippen LogP contribution is -2.24. The van der Waals surface area contributed by atoms with Crippen molar-refractivity contribution in [2.24, 2.45) is 0 Å².